The molecule has 2 rings (SSSR count). The lowest BCUT2D eigenvalue weighted by Crippen LogP contribution is -2.45. The molecule has 0 aromatic rings. The van der Waals surface area contributed by atoms with Gasteiger partial charge in [0, 0.05) is 26.2 Å². The van der Waals surface area contributed by atoms with Gasteiger partial charge in [-0.05, 0) is 70.1 Å². The van der Waals surface area contributed by atoms with Crippen molar-refractivity contribution in [2.24, 2.45) is 17.8 Å². The highest BCUT2D eigenvalue weighted by Gasteiger charge is 2.38. The number of Topliss-reactive ketones (excluding diaryl/α,β-unsaturated/α-hetero) is 1. The molecule has 46 heavy (non-hydrogen) atoms. The van der Waals surface area contributed by atoms with Crippen LogP contribution in [0.4, 0.5) is 0 Å². The van der Waals surface area contributed by atoms with Gasteiger partial charge < -0.3 is 38.6 Å². The van der Waals surface area contributed by atoms with Gasteiger partial charge in [0.05, 0.1) is 24.9 Å². The number of hydrogen-bond donors (Lipinski definition) is 2. The average molecular weight is 651 g/mol. The topological polar surface area (TPSA) is 133 Å². The van der Waals surface area contributed by atoms with E-state index in [1.807, 2.05) is 26.8 Å². The number of allylic oxidation sites excluding steroid dienone is 5. The minimum atomic E-state index is -1.09. The van der Waals surface area contributed by atoms with E-state index in [0.29, 0.717) is 24.3 Å². The fourth-order valence-electron chi connectivity index (χ4n) is 5.86. The van der Waals surface area contributed by atoms with Crippen LogP contribution in [-0.4, -0.2) is 93.0 Å². The van der Waals surface area contributed by atoms with E-state index in [2.05, 4.69) is 31.7 Å². The predicted octanol–water partition coefficient (Wildman–Crippen LogP) is 5.22. The molecule has 0 aromatic carbocycles. The first-order chi connectivity index (χ1) is 21.9. The number of hydrogen-bond acceptors (Lipinski definition) is 10. The van der Waals surface area contributed by atoms with Crippen LogP contribution < -0.4 is 0 Å². The number of esters is 1. The quantitative estimate of drug-likeness (QED) is 0.163. The first kappa shape index (κ1) is 40.0. The molecule has 0 spiro atoms. The second-order valence-corrected chi connectivity index (χ2v) is 13.0. The molecule has 262 valence electrons. The maximum Gasteiger partial charge on any atom is 0.333 e. The Morgan fingerprint density at radius 2 is 1.67 bits per heavy atom. The third kappa shape index (κ3) is 14.3. The Bertz CT molecular complexity index is 1050. The van der Waals surface area contributed by atoms with Gasteiger partial charge >= 0.3 is 5.97 Å². The molecule has 2 N–H and O–H groups in total. The summed E-state index contributed by atoms with van der Waals surface area (Å²) in [5.41, 5.74) is 2.56. The summed E-state index contributed by atoms with van der Waals surface area (Å²) in [5, 5.41) is 21.1. The second kappa shape index (κ2) is 20.9. The van der Waals surface area contributed by atoms with E-state index in [0.717, 1.165) is 30.4 Å². The number of ether oxygens (including phenoxy) is 6. The van der Waals surface area contributed by atoms with Crippen molar-refractivity contribution in [1.82, 2.24) is 0 Å². The molecule has 2 aliphatic rings. The minimum Gasteiger partial charge on any atom is -0.457 e. The van der Waals surface area contributed by atoms with Crippen LogP contribution in [0.25, 0.3) is 0 Å². The van der Waals surface area contributed by atoms with Gasteiger partial charge in [0.25, 0.3) is 0 Å². The summed E-state index contributed by atoms with van der Waals surface area (Å²) in [7, 11) is 2.92. The number of aliphatic hydroxyl groups excluding tert-OH is 2. The van der Waals surface area contributed by atoms with E-state index in [9.17, 15) is 19.8 Å². The van der Waals surface area contributed by atoms with Crippen molar-refractivity contribution in [2.75, 3.05) is 34.4 Å². The van der Waals surface area contributed by atoms with Gasteiger partial charge in [-0.2, -0.15) is 0 Å². The van der Waals surface area contributed by atoms with E-state index < -0.39 is 42.9 Å². The summed E-state index contributed by atoms with van der Waals surface area (Å²) in [5.74, 6) is -0.864. The molecule has 0 bridgehead atoms. The van der Waals surface area contributed by atoms with Gasteiger partial charge in [0.2, 0.25) is 0 Å². The molecule has 1 saturated heterocycles. The van der Waals surface area contributed by atoms with Crippen LogP contribution in [0.2, 0.25) is 0 Å². The standard InChI is InChI=1S/C36H58O10/c1-23-14-24(2)16-33-32(46-33)13-11-9-10-12-25(3)36(40)45-30(20-37)18-28(6)34(43-21-41-7)35(44-22-42-8)31(39)19-29(38)17-27(5)26(4)15-23/h11-13,15,24,27-30,32-35,37-38H,1,9-10,14,16-22H2,2-8H3/b13-11+,25-12+,26-15+/t24-,27+,28-,29+,30-,32+,33+,34+,35+/m1/s1. The van der Waals surface area contributed by atoms with E-state index in [-0.39, 0.29) is 50.3 Å². The summed E-state index contributed by atoms with van der Waals surface area (Å²) in [6.07, 6.45) is 8.37. The van der Waals surface area contributed by atoms with Crippen LogP contribution >= 0.6 is 0 Å². The summed E-state index contributed by atoms with van der Waals surface area (Å²) in [6, 6.07) is 0. The van der Waals surface area contributed by atoms with Crippen molar-refractivity contribution in [3.05, 3.63) is 47.6 Å². The molecule has 0 saturated carbocycles. The molecular formula is C36H58O10. The maximum absolute atomic E-state index is 13.6. The molecular weight excluding hydrogens is 592 g/mol. The Kier molecular flexibility index (Phi) is 18.2. The maximum atomic E-state index is 13.6. The second-order valence-electron chi connectivity index (χ2n) is 13.0. The van der Waals surface area contributed by atoms with Crippen LogP contribution in [0.3, 0.4) is 0 Å². The normalized spacial score (nSPS) is 36.5. The first-order valence-corrected chi connectivity index (χ1v) is 16.5. The summed E-state index contributed by atoms with van der Waals surface area (Å²) < 4.78 is 33.5. The minimum absolute atomic E-state index is 0.0185. The lowest BCUT2D eigenvalue weighted by atomic mass is 9.88. The van der Waals surface area contributed by atoms with Crippen LogP contribution in [0, 0.1) is 17.8 Å². The molecule has 10 heteroatoms. The van der Waals surface area contributed by atoms with Crippen LogP contribution in [0.15, 0.2) is 47.6 Å². The van der Waals surface area contributed by atoms with Crippen LogP contribution in [-0.2, 0) is 38.0 Å². The number of fused-ring (bicyclic) bond motifs is 1. The Morgan fingerprint density at radius 3 is 2.35 bits per heavy atom. The largest absolute Gasteiger partial charge is 0.457 e. The summed E-state index contributed by atoms with van der Waals surface area (Å²) >= 11 is 0. The number of aliphatic hydroxyl groups is 2. The molecule has 2 heterocycles. The summed E-state index contributed by atoms with van der Waals surface area (Å²) in [4.78, 5) is 26.5. The van der Waals surface area contributed by atoms with Gasteiger partial charge in [-0.3, -0.25) is 4.79 Å². The molecule has 2 aliphatic heterocycles. The van der Waals surface area contributed by atoms with Crippen molar-refractivity contribution in [1.29, 1.82) is 0 Å². The van der Waals surface area contributed by atoms with Gasteiger partial charge in [-0.1, -0.05) is 62.8 Å². The van der Waals surface area contributed by atoms with E-state index in [1.165, 1.54) is 14.2 Å². The SMILES string of the molecule is C=C1/C=C(\C)[C@@H](C)C[C@H](O)CC(=O)[C@H](OCOC)[C@@H](OCOC)[C@H](C)C[C@H](CO)OC(=O)/C(C)=C/CC/C=C/[C@@H]2O[C@H]2C[C@H](C)C1. The highest BCUT2D eigenvalue weighted by Crippen LogP contribution is 2.32. The molecule has 10 nitrogen and oxygen atoms in total. The number of ketones is 1. The molecule has 0 radical (unpaired) electrons. The van der Waals surface area contributed by atoms with Gasteiger partial charge in [-0.15, -0.1) is 0 Å². The molecule has 0 unspecified atom stereocenters. The smallest absolute Gasteiger partial charge is 0.333 e. The van der Waals surface area contributed by atoms with Crippen molar-refractivity contribution >= 4 is 11.8 Å². The van der Waals surface area contributed by atoms with Crippen molar-refractivity contribution < 1.29 is 48.2 Å². The molecule has 0 aromatic heterocycles. The number of epoxide rings is 1. The Labute approximate surface area is 275 Å². The van der Waals surface area contributed by atoms with Crippen molar-refractivity contribution in [3.63, 3.8) is 0 Å². The zero-order chi connectivity index (χ0) is 34.2. The van der Waals surface area contributed by atoms with Gasteiger partial charge in [0.1, 0.15) is 31.9 Å². The molecule has 0 amide bonds. The Hall–Kier alpha value is -2.18. The van der Waals surface area contributed by atoms with E-state index >= 15 is 0 Å². The van der Waals surface area contributed by atoms with Gasteiger partial charge in [-0.25, -0.2) is 4.79 Å². The lowest BCUT2D eigenvalue weighted by molar-refractivity contribution is -0.184. The van der Waals surface area contributed by atoms with Crippen LogP contribution in [0.5, 0.6) is 0 Å². The number of carbonyl (C=O) groups excluding carboxylic acids is 2. The fraction of sp³-hybridized carbons (Fsp3) is 0.722. The monoisotopic (exact) mass is 650 g/mol. The number of rotatable bonds is 7. The molecule has 0 aliphatic carbocycles. The first-order valence-electron chi connectivity index (χ1n) is 16.5. The fourth-order valence-corrected chi connectivity index (χ4v) is 5.86. The number of cyclic esters (lactones) is 1. The lowest BCUT2D eigenvalue weighted by Gasteiger charge is -2.32. The average Bonchev–Trinajstić information content (AvgIpc) is 3.73. The van der Waals surface area contributed by atoms with Crippen molar-refractivity contribution in [2.45, 2.75) is 116 Å². The zero-order valence-electron chi connectivity index (χ0n) is 28.9. The predicted molar refractivity (Wildman–Crippen MR) is 176 cm³/mol. The summed E-state index contributed by atoms with van der Waals surface area (Å²) in [6.45, 7) is 13.3. The molecule has 1 fully saturated rings. The molecule has 9 atom stereocenters. The highest BCUT2D eigenvalue weighted by molar-refractivity contribution is 5.87. The van der Waals surface area contributed by atoms with E-state index in [4.69, 9.17) is 28.4 Å². The van der Waals surface area contributed by atoms with Crippen molar-refractivity contribution in [3.8, 4) is 0 Å². The zero-order valence-corrected chi connectivity index (χ0v) is 28.9. The highest BCUT2D eigenvalue weighted by atomic mass is 16.7. The Balaban J connectivity index is 2.30. The van der Waals surface area contributed by atoms with E-state index in [1.54, 1.807) is 6.92 Å². The third-order valence-electron chi connectivity index (χ3n) is 8.60. The Morgan fingerprint density at radius 1 is 0.978 bits per heavy atom. The number of carbonyl (C=O) groups is 2. The number of methoxy groups -OCH3 is 2. The van der Waals surface area contributed by atoms with Crippen LogP contribution in [0.1, 0.15) is 79.6 Å². The third-order valence-corrected chi connectivity index (χ3v) is 8.60. The van der Waals surface area contributed by atoms with Gasteiger partial charge in [0.15, 0.2) is 5.78 Å².